The number of fused-ring (bicyclic) bond motifs is 15. The van der Waals surface area contributed by atoms with Crippen molar-refractivity contribution in [3.05, 3.63) is 324 Å². The predicted octanol–water partition coefficient (Wildman–Crippen LogP) is 21.0. The quantitative estimate of drug-likeness (QED) is 0.151. The Kier molecular flexibility index (Phi) is 10.5. The number of hydrogen-bond donors (Lipinski definition) is 0. The zero-order chi connectivity index (χ0) is 54.9. The van der Waals surface area contributed by atoms with Crippen molar-refractivity contribution in [1.29, 1.82) is 0 Å². The molecule has 0 saturated carbocycles. The zero-order valence-corrected chi connectivity index (χ0v) is 46.4. The fourth-order valence-electron chi connectivity index (χ4n) is 14.6. The standard InChI is InChI=1S/C79H58N2O/c1-77(2)65-27-14-11-24-60(65)62-45-43-58(49-70(62)77)80(55-22-9-6-10-23-55)56-39-36-53(37-40-56)54-38-47-75-72(48-54)79(68-30-17-18-33-74(68)82-75)67-29-16-13-26-64(67)76-69(79)31-19-32-73(76)81(57-41-34-52(35-42-57)51-20-7-5-8-21-51)59-44-46-63-61-25-12-15-28-66(61)78(3,4)71(63)50-59/h5-50H,1-4H3. The summed E-state index contributed by atoms with van der Waals surface area (Å²) in [6.45, 7) is 9.45. The van der Waals surface area contributed by atoms with Gasteiger partial charge in [0.1, 0.15) is 11.5 Å². The van der Waals surface area contributed by atoms with Crippen LogP contribution >= 0.6 is 0 Å². The second-order valence-corrected chi connectivity index (χ2v) is 23.6. The maximum Gasteiger partial charge on any atom is 0.132 e. The lowest BCUT2D eigenvalue weighted by Gasteiger charge is -2.40. The summed E-state index contributed by atoms with van der Waals surface area (Å²) < 4.78 is 7.04. The van der Waals surface area contributed by atoms with Crippen LogP contribution in [0.4, 0.5) is 34.1 Å². The summed E-state index contributed by atoms with van der Waals surface area (Å²) in [5.74, 6) is 1.73. The molecule has 0 fully saturated rings. The first kappa shape index (κ1) is 48.0. The van der Waals surface area contributed by atoms with E-state index in [0.717, 1.165) is 67.9 Å². The Balaban J connectivity index is 0.853. The van der Waals surface area contributed by atoms with E-state index in [1.807, 2.05) is 0 Å². The summed E-state index contributed by atoms with van der Waals surface area (Å²) >= 11 is 0. The van der Waals surface area contributed by atoms with Gasteiger partial charge in [0.2, 0.25) is 0 Å². The minimum atomic E-state index is -0.711. The molecule has 0 bridgehead atoms. The van der Waals surface area contributed by atoms with E-state index in [4.69, 9.17) is 4.74 Å². The third kappa shape index (κ3) is 6.96. The molecule has 1 spiro atoms. The lowest BCUT2D eigenvalue weighted by molar-refractivity contribution is 0.436. The lowest BCUT2D eigenvalue weighted by atomic mass is 9.65. The molecule has 0 N–H and O–H groups in total. The molecule has 0 saturated heterocycles. The number of nitrogens with zero attached hydrogens (tertiary/aromatic N) is 2. The van der Waals surface area contributed by atoms with Gasteiger partial charge in [-0.3, -0.25) is 0 Å². The van der Waals surface area contributed by atoms with Gasteiger partial charge in [0.05, 0.1) is 11.1 Å². The second-order valence-electron chi connectivity index (χ2n) is 23.6. The van der Waals surface area contributed by atoms with E-state index in [0.29, 0.717) is 0 Å². The van der Waals surface area contributed by atoms with Crippen molar-refractivity contribution in [2.24, 2.45) is 0 Å². The van der Waals surface area contributed by atoms with Crippen molar-refractivity contribution in [1.82, 2.24) is 0 Å². The van der Waals surface area contributed by atoms with Gasteiger partial charge < -0.3 is 14.5 Å². The lowest BCUT2D eigenvalue weighted by Crippen LogP contribution is -2.32. The summed E-state index contributed by atoms with van der Waals surface area (Å²) in [4.78, 5) is 4.90. The number of rotatable bonds is 8. The fourth-order valence-corrected chi connectivity index (χ4v) is 14.6. The Morgan fingerprint density at radius 1 is 0.256 bits per heavy atom. The molecule has 390 valence electrons. The van der Waals surface area contributed by atoms with Gasteiger partial charge in [-0.1, -0.05) is 222 Å². The van der Waals surface area contributed by atoms with Crippen LogP contribution in [0.5, 0.6) is 11.5 Å². The molecule has 12 aromatic rings. The SMILES string of the molecule is CC1(C)c2ccccc2-c2ccc(N(c3ccccc3)c3ccc(-c4ccc5c(c4)C4(c6ccccc6O5)c5ccccc5-c5c(N(c6ccc(-c7ccccc7)cc6)c6ccc7c(c6)C(C)(C)c6ccccc6-7)cccc54)cc3)cc21. The first-order chi connectivity index (χ1) is 40.2. The van der Waals surface area contributed by atoms with Gasteiger partial charge in [-0.05, 0) is 168 Å². The molecule has 0 aromatic heterocycles. The maximum atomic E-state index is 7.04. The van der Waals surface area contributed by atoms with Crippen molar-refractivity contribution in [3.8, 4) is 67.1 Å². The molecule has 82 heavy (non-hydrogen) atoms. The van der Waals surface area contributed by atoms with Gasteiger partial charge in [0.15, 0.2) is 0 Å². The van der Waals surface area contributed by atoms with Crippen LogP contribution in [0.25, 0.3) is 55.6 Å². The van der Waals surface area contributed by atoms with Crippen molar-refractivity contribution >= 4 is 34.1 Å². The molecule has 16 rings (SSSR count). The Morgan fingerprint density at radius 2 is 0.683 bits per heavy atom. The third-order valence-corrected chi connectivity index (χ3v) is 18.5. The molecule has 12 aromatic carbocycles. The monoisotopic (exact) mass is 1050 g/mol. The van der Waals surface area contributed by atoms with Crippen molar-refractivity contribution < 1.29 is 4.74 Å². The van der Waals surface area contributed by atoms with Gasteiger partial charge in [-0.15, -0.1) is 0 Å². The van der Waals surface area contributed by atoms with E-state index < -0.39 is 5.41 Å². The maximum absolute atomic E-state index is 7.04. The fraction of sp³-hybridized carbons (Fsp3) is 0.0886. The molecule has 3 aliphatic carbocycles. The van der Waals surface area contributed by atoms with E-state index in [9.17, 15) is 0 Å². The molecule has 3 nitrogen and oxygen atoms in total. The molecule has 0 radical (unpaired) electrons. The molecular weight excluding hydrogens is 993 g/mol. The Labute approximate surface area is 480 Å². The summed E-state index contributed by atoms with van der Waals surface area (Å²) in [5, 5.41) is 0. The minimum absolute atomic E-state index is 0.119. The molecule has 1 unspecified atom stereocenters. The largest absolute Gasteiger partial charge is 0.457 e. The second kappa shape index (κ2) is 18.0. The van der Waals surface area contributed by atoms with Gasteiger partial charge in [0.25, 0.3) is 0 Å². The molecule has 1 atom stereocenters. The Bertz CT molecular complexity index is 4540. The molecule has 3 heteroatoms. The average Bonchev–Trinajstić information content (AvgIpc) is 2.65. The van der Waals surface area contributed by atoms with Crippen molar-refractivity contribution in [2.75, 3.05) is 9.80 Å². The highest BCUT2D eigenvalue weighted by atomic mass is 16.5. The van der Waals surface area contributed by atoms with E-state index in [1.54, 1.807) is 0 Å². The van der Waals surface area contributed by atoms with Crippen LogP contribution in [-0.4, -0.2) is 0 Å². The predicted molar refractivity (Wildman–Crippen MR) is 339 cm³/mol. The van der Waals surface area contributed by atoms with E-state index in [-0.39, 0.29) is 10.8 Å². The van der Waals surface area contributed by atoms with Gasteiger partial charge in [0, 0.05) is 56.0 Å². The first-order valence-corrected chi connectivity index (χ1v) is 28.7. The van der Waals surface area contributed by atoms with E-state index in [1.165, 1.54) is 77.9 Å². The number of para-hydroxylation sites is 2. The molecule has 4 aliphatic rings. The number of anilines is 6. The highest BCUT2D eigenvalue weighted by molar-refractivity contribution is 5.99. The van der Waals surface area contributed by atoms with Crippen LogP contribution in [0.15, 0.2) is 279 Å². The van der Waals surface area contributed by atoms with E-state index >= 15 is 0 Å². The Hall–Kier alpha value is -9.96. The summed E-state index contributed by atoms with van der Waals surface area (Å²) in [5.41, 5.74) is 28.1. The van der Waals surface area contributed by atoms with Gasteiger partial charge in [-0.25, -0.2) is 0 Å². The molecular formula is C79H58N2O. The molecule has 1 aliphatic heterocycles. The van der Waals surface area contributed by atoms with Crippen molar-refractivity contribution in [2.45, 2.75) is 43.9 Å². The zero-order valence-electron chi connectivity index (χ0n) is 46.4. The van der Waals surface area contributed by atoms with Gasteiger partial charge in [-0.2, -0.15) is 0 Å². The highest BCUT2D eigenvalue weighted by Gasteiger charge is 2.52. The number of benzene rings is 12. The minimum Gasteiger partial charge on any atom is -0.457 e. The van der Waals surface area contributed by atoms with Crippen LogP contribution < -0.4 is 14.5 Å². The molecule has 0 amide bonds. The topological polar surface area (TPSA) is 15.7 Å². The summed E-state index contributed by atoms with van der Waals surface area (Å²) in [6.07, 6.45) is 0. The molecule has 1 heterocycles. The van der Waals surface area contributed by atoms with Crippen LogP contribution in [0.2, 0.25) is 0 Å². The highest BCUT2D eigenvalue weighted by Crippen LogP contribution is 2.65. The van der Waals surface area contributed by atoms with E-state index in [2.05, 4.69) is 317 Å². The van der Waals surface area contributed by atoms with Gasteiger partial charge >= 0.3 is 0 Å². The normalized spacial score (nSPS) is 15.7. The Morgan fingerprint density at radius 3 is 1.32 bits per heavy atom. The van der Waals surface area contributed by atoms with Crippen molar-refractivity contribution in [3.63, 3.8) is 0 Å². The number of hydrogen-bond acceptors (Lipinski definition) is 3. The summed E-state index contributed by atoms with van der Waals surface area (Å²) in [7, 11) is 0. The summed E-state index contributed by atoms with van der Waals surface area (Å²) in [6, 6.07) is 103. The third-order valence-electron chi connectivity index (χ3n) is 18.5. The van der Waals surface area contributed by atoms with Crippen LogP contribution in [0.1, 0.15) is 72.2 Å². The van der Waals surface area contributed by atoms with Crippen LogP contribution in [0.3, 0.4) is 0 Å². The van der Waals surface area contributed by atoms with Crippen LogP contribution in [0, 0.1) is 0 Å². The van der Waals surface area contributed by atoms with Crippen LogP contribution in [-0.2, 0) is 16.2 Å². The average molecular weight is 1050 g/mol. The number of ether oxygens (including phenoxy) is 1. The smallest absolute Gasteiger partial charge is 0.132 e. The first-order valence-electron chi connectivity index (χ1n) is 28.7.